The standard InChI is InChI=1S/C26H23N6O2/c1-34-23-13-6-5-12-22(23)31-25(27)32-24-15-14-19(17-28-24)18-8-7-11-21(16-18)30-26(33)29-20-9-3-2-4-10-20/h2-17H,1H3,(H4-,27,28,29,30,31,32,33)/q-1. The molecule has 0 atom stereocenters. The number of para-hydroxylation sites is 3. The second-order valence-corrected chi connectivity index (χ2v) is 7.26. The van der Waals surface area contributed by atoms with Gasteiger partial charge in [-0.2, -0.15) is 0 Å². The fraction of sp³-hybridized carbons (Fsp3) is 0.0385. The monoisotopic (exact) mass is 451 g/mol. The number of urea groups is 1. The zero-order chi connectivity index (χ0) is 23.8. The van der Waals surface area contributed by atoms with Crippen LogP contribution in [0, 0.1) is 0 Å². The average molecular weight is 452 g/mol. The largest absolute Gasteiger partial charge is 0.496 e. The van der Waals surface area contributed by atoms with Gasteiger partial charge in [0.05, 0.1) is 12.9 Å². The van der Waals surface area contributed by atoms with E-state index < -0.39 is 0 Å². The summed E-state index contributed by atoms with van der Waals surface area (Å²) >= 11 is 0. The second kappa shape index (κ2) is 10.6. The summed E-state index contributed by atoms with van der Waals surface area (Å²) in [5.74, 6) is 0.880. The molecule has 0 spiro atoms. The topological polar surface area (TPSA) is 110 Å². The highest BCUT2D eigenvalue weighted by Gasteiger charge is 2.05. The van der Waals surface area contributed by atoms with Crippen molar-refractivity contribution in [3.8, 4) is 16.9 Å². The molecule has 8 heteroatoms. The van der Waals surface area contributed by atoms with Crippen LogP contribution in [0.1, 0.15) is 0 Å². The van der Waals surface area contributed by atoms with E-state index in [1.54, 1.807) is 31.5 Å². The summed E-state index contributed by atoms with van der Waals surface area (Å²) in [5, 5.41) is 21.5. The number of anilines is 4. The highest BCUT2D eigenvalue weighted by atomic mass is 16.5. The molecule has 34 heavy (non-hydrogen) atoms. The van der Waals surface area contributed by atoms with Crippen molar-refractivity contribution in [1.29, 1.82) is 0 Å². The Kier molecular flexibility index (Phi) is 7.00. The molecule has 4 aromatic rings. The fourth-order valence-electron chi connectivity index (χ4n) is 3.26. The fourth-order valence-corrected chi connectivity index (χ4v) is 3.26. The first-order valence-electron chi connectivity index (χ1n) is 10.5. The van der Waals surface area contributed by atoms with Gasteiger partial charge >= 0.3 is 6.03 Å². The summed E-state index contributed by atoms with van der Waals surface area (Å²) in [6.07, 6.45) is 1.68. The molecular formula is C26H23N6O2-. The average Bonchev–Trinajstić information content (AvgIpc) is 2.85. The number of nitrogens with zero attached hydrogens (tertiary/aromatic N) is 2. The maximum Gasteiger partial charge on any atom is 0.323 e. The first-order chi connectivity index (χ1) is 16.6. The summed E-state index contributed by atoms with van der Waals surface area (Å²) in [6.45, 7) is 0. The summed E-state index contributed by atoms with van der Waals surface area (Å²) in [6, 6.07) is 27.2. The van der Waals surface area contributed by atoms with Gasteiger partial charge in [-0.15, -0.1) is 0 Å². The Morgan fingerprint density at radius 2 is 1.50 bits per heavy atom. The number of hydrogen-bond donors (Lipinski definition) is 4. The van der Waals surface area contributed by atoms with Gasteiger partial charge in [0, 0.05) is 34.8 Å². The van der Waals surface area contributed by atoms with Gasteiger partial charge < -0.3 is 31.4 Å². The molecule has 170 valence electrons. The summed E-state index contributed by atoms with van der Waals surface area (Å²) in [5.41, 5.74) is 3.72. The van der Waals surface area contributed by atoms with Crippen molar-refractivity contribution < 1.29 is 9.53 Å². The quantitative estimate of drug-likeness (QED) is 0.217. The van der Waals surface area contributed by atoms with Gasteiger partial charge in [-0.1, -0.05) is 48.5 Å². The number of carbonyl (C=O) groups is 1. The number of guanidine groups is 1. The third kappa shape index (κ3) is 5.89. The molecule has 4 rings (SSSR count). The Morgan fingerprint density at radius 3 is 2.26 bits per heavy atom. The number of hydrogen-bond acceptors (Lipinski definition) is 3. The van der Waals surface area contributed by atoms with Gasteiger partial charge in [0.2, 0.25) is 0 Å². The number of nitrogens with one attached hydrogen (secondary N) is 4. The molecule has 0 fully saturated rings. The molecule has 0 unspecified atom stereocenters. The highest BCUT2D eigenvalue weighted by Crippen LogP contribution is 2.25. The zero-order valence-electron chi connectivity index (χ0n) is 18.4. The molecule has 3 aromatic carbocycles. The van der Waals surface area contributed by atoms with Crippen LogP contribution in [0.25, 0.3) is 16.5 Å². The van der Waals surface area contributed by atoms with Crippen molar-refractivity contribution in [2.24, 2.45) is 0 Å². The number of ether oxygens (including phenoxy) is 1. The lowest BCUT2D eigenvalue weighted by Crippen LogP contribution is -2.20. The van der Waals surface area contributed by atoms with E-state index in [1.807, 2.05) is 72.8 Å². The van der Waals surface area contributed by atoms with Gasteiger partial charge in [0.15, 0.2) is 0 Å². The van der Waals surface area contributed by atoms with Crippen LogP contribution in [0.3, 0.4) is 0 Å². The molecule has 0 aliphatic heterocycles. The van der Waals surface area contributed by atoms with Crippen LogP contribution in [0.4, 0.5) is 27.7 Å². The SMILES string of the molecule is COc1ccccc1NC(=[N-])Nc1ccc(-c2cccc(NC(=O)Nc3ccccc3)c2)cn1. The third-order valence-electron chi connectivity index (χ3n) is 4.86. The van der Waals surface area contributed by atoms with Gasteiger partial charge in [-0.05, 0) is 48.0 Å². The second-order valence-electron chi connectivity index (χ2n) is 7.26. The van der Waals surface area contributed by atoms with Crippen LogP contribution in [-0.4, -0.2) is 24.1 Å². The maximum atomic E-state index is 12.3. The predicted octanol–water partition coefficient (Wildman–Crippen LogP) is 5.85. The molecule has 0 saturated heterocycles. The Balaban J connectivity index is 1.38. The lowest BCUT2D eigenvalue weighted by atomic mass is 10.1. The van der Waals surface area contributed by atoms with Crippen molar-refractivity contribution >= 4 is 34.9 Å². The number of amides is 2. The van der Waals surface area contributed by atoms with E-state index in [9.17, 15) is 10.2 Å². The molecule has 1 heterocycles. The van der Waals surface area contributed by atoms with Crippen LogP contribution in [0.2, 0.25) is 0 Å². The van der Waals surface area contributed by atoms with E-state index in [2.05, 4.69) is 26.3 Å². The van der Waals surface area contributed by atoms with Crippen LogP contribution in [-0.2, 0) is 0 Å². The highest BCUT2D eigenvalue weighted by molar-refractivity contribution is 6.06. The Morgan fingerprint density at radius 1 is 0.765 bits per heavy atom. The molecule has 0 saturated carbocycles. The van der Waals surface area contributed by atoms with Gasteiger partial charge in [0.25, 0.3) is 0 Å². The van der Waals surface area contributed by atoms with Crippen LogP contribution in [0.15, 0.2) is 97.2 Å². The summed E-state index contributed by atoms with van der Waals surface area (Å²) in [7, 11) is 1.56. The lowest BCUT2D eigenvalue weighted by molar-refractivity contribution is 0.262. The van der Waals surface area contributed by atoms with Crippen LogP contribution in [0.5, 0.6) is 5.75 Å². The molecule has 4 N–H and O–H groups in total. The molecule has 2 amide bonds. The van der Waals surface area contributed by atoms with E-state index in [1.165, 1.54) is 0 Å². The van der Waals surface area contributed by atoms with Crippen molar-refractivity contribution in [2.75, 3.05) is 28.4 Å². The minimum atomic E-state index is -0.324. The van der Waals surface area contributed by atoms with E-state index in [4.69, 9.17) is 4.74 Å². The predicted molar refractivity (Wildman–Crippen MR) is 137 cm³/mol. The number of aromatic nitrogens is 1. The molecule has 0 aliphatic carbocycles. The smallest absolute Gasteiger partial charge is 0.323 e. The first-order valence-corrected chi connectivity index (χ1v) is 10.5. The lowest BCUT2D eigenvalue weighted by Gasteiger charge is -2.20. The van der Waals surface area contributed by atoms with E-state index >= 15 is 0 Å². The number of carbonyl (C=O) groups excluding carboxylic acids is 1. The number of methoxy groups -OCH3 is 1. The summed E-state index contributed by atoms with van der Waals surface area (Å²) < 4.78 is 5.26. The van der Waals surface area contributed by atoms with E-state index in [0.29, 0.717) is 28.6 Å². The Hall–Kier alpha value is -4.85. The van der Waals surface area contributed by atoms with Crippen molar-refractivity contribution in [3.63, 3.8) is 0 Å². The Bertz CT molecular complexity index is 1280. The summed E-state index contributed by atoms with van der Waals surface area (Å²) in [4.78, 5) is 16.6. The van der Waals surface area contributed by atoms with E-state index in [-0.39, 0.29) is 12.0 Å². The maximum absolute atomic E-state index is 12.3. The number of benzene rings is 3. The zero-order valence-corrected chi connectivity index (χ0v) is 18.4. The van der Waals surface area contributed by atoms with E-state index in [0.717, 1.165) is 11.1 Å². The molecule has 0 aliphatic rings. The van der Waals surface area contributed by atoms with Gasteiger partial charge in [-0.25, -0.2) is 4.79 Å². The minimum Gasteiger partial charge on any atom is -0.496 e. The molecular weight excluding hydrogens is 428 g/mol. The Labute approximate surface area is 197 Å². The normalized spacial score (nSPS) is 10.1. The van der Waals surface area contributed by atoms with Crippen molar-refractivity contribution in [3.05, 3.63) is 103 Å². The third-order valence-corrected chi connectivity index (χ3v) is 4.86. The molecule has 8 nitrogen and oxygen atoms in total. The first kappa shape index (κ1) is 22.3. The number of pyridine rings is 1. The van der Waals surface area contributed by atoms with Gasteiger partial charge in [0.1, 0.15) is 5.75 Å². The molecule has 0 radical (unpaired) electrons. The van der Waals surface area contributed by atoms with Crippen molar-refractivity contribution in [2.45, 2.75) is 0 Å². The van der Waals surface area contributed by atoms with Crippen LogP contribution >= 0.6 is 0 Å². The molecule has 1 aromatic heterocycles. The number of rotatable bonds is 6. The van der Waals surface area contributed by atoms with Gasteiger partial charge in [-0.3, -0.25) is 4.98 Å². The molecule has 0 bridgehead atoms. The van der Waals surface area contributed by atoms with Crippen LogP contribution < -0.4 is 26.0 Å². The van der Waals surface area contributed by atoms with Crippen molar-refractivity contribution in [1.82, 2.24) is 4.98 Å². The minimum absolute atomic E-state index is 0.180.